The van der Waals surface area contributed by atoms with Gasteiger partial charge in [0.05, 0.1) is 0 Å². The summed E-state index contributed by atoms with van der Waals surface area (Å²) in [6.45, 7) is 3.90. The third kappa shape index (κ3) is 2.37. The Hall–Kier alpha value is -0.780. The van der Waals surface area contributed by atoms with Crippen LogP contribution in [0.3, 0.4) is 0 Å². The van der Waals surface area contributed by atoms with Crippen molar-refractivity contribution in [3.05, 3.63) is 11.9 Å². The molecule has 5 nitrogen and oxygen atoms in total. The van der Waals surface area contributed by atoms with Crippen LogP contribution < -0.4 is 27.6 Å². The first-order chi connectivity index (χ1) is 5.66. The van der Waals surface area contributed by atoms with Gasteiger partial charge in [-0.15, -0.1) is 0 Å². The highest BCUT2D eigenvalue weighted by atomic mass is 15.5. The molecular formula is C7H17N5. The smallest absolute Gasteiger partial charge is 0.110 e. The molecule has 0 saturated carbocycles. The van der Waals surface area contributed by atoms with E-state index < -0.39 is 5.66 Å². The van der Waals surface area contributed by atoms with E-state index in [0.717, 1.165) is 19.5 Å². The monoisotopic (exact) mass is 171 g/mol. The standard InChI is InChI=1S/C7H17N5/c1-2-10-4-3-7(9)5-6(8)11-12-7/h5,10-12H,2-4,8-9H2,1H3. The van der Waals surface area contributed by atoms with Gasteiger partial charge in [0.1, 0.15) is 11.5 Å². The van der Waals surface area contributed by atoms with Crippen molar-refractivity contribution in [3.8, 4) is 0 Å². The van der Waals surface area contributed by atoms with Gasteiger partial charge in [-0.05, 0) is 25.6 Å². The summed E-state index contributed by atoms with van der Waals surface area (Å²) >= 11 is 0. The molecule has 0 fully saturated rings. The van der Waals surface area contributed by atoms with Crippen LogP contribution in [0.15, 0.2) is 11.9 Å². The maximum atomic E-state index is 5.92. The van der Waals surface area contributed by atoms with E-state index in [2.05, 4.69) is 23.1 Å². The molecule has 7 N–H and O–H groups in total. The molecular weight excluding hydrogens is 154 g/mol. The molecule has 0 radical (unpaired) electrons. The molecule has 0 aromatic heterocycles. The van der Waals surface area contributed by atoms with Gasteiger partial charge in [0.15, 0.2) is 0 Å². The van der Waals surface area contributed by atoms with Crippen molar-refractivity contribution in [2.24, 2.45) is 11.5 Å². The minimum atomic E-state index is -0.494. The third-order valence-electron chi connectivity index (χ3n) is 1.82. The Kier molecular flexibility index (Phi) is 2.91. The van der Waals surface area contributed by atoms with Gasteiger partial charge in [0, 0.05) is 0 Å². The van der Waals surface area contributed by atoms with Crippen molar-refractivity contribution in [3.63, 3.8) is 0 Å². The van der Waals surface area contributed by atoms with Crippen LogP contribution in [-0.4, -0.2) is 18.8 Å². The largest absolute Gasteiger partial charge is 0.385 e. The number of nitrogens with one attached hydrogen (secondary N) is 3. The fraction of sp³-hybridized carbons (Fsp3) is 0.714. The van der Waals surface area contributed by atoms with Crippen LogP contribution in [0.1, 0.15) is 13.3 Å². The predicted octanol–water partition coefficient (Wildman–Crippen LogP) is -1.45. The summed E-state index contributed by atoms with van der Waals surface area (Å²) in [6.07, 6.45) is 2.61. The lowest BCUT2D eigenvalue weighted by Gasteiger charge is -2.21. The van der Waals surface area contributed by atoms with Crippen molar-refractivity contribution in [1.82, 2.24) is 16.2 Å². The normalized spacial score (nSPS) is 28.3. The van der Waals surface area contributed by atoms with E-state index in [-0.39, 0.29) is 0 Å². The highest BCUT2D eigenvalue weighted by molar-refractivity contribution is 5.13. The van der Waals surface area contributed by atoms with Gasteiger partial charge in [-0.3, -0.25) is 0 Å². The van der Waals surface area contributed by atoms with Crippen LogP contribution in [0.2, 0.25) is 0 Å². The van der Waals surface area contributed by atoms with Crippen molar-refractivity contribution >= 4 is 0 Å². The summed E-state index contributed by atoms with van der Waals surface area (Å²) in [5.74, 6) is 0.592. The number of rotatable bonds is 4. The number of hydrogen-bond donors (Lipinski definition) is 5. The minimum Gasteiger partial charge on any atom is -0.385 e. The molecule has 0 saturated heterocycles. The summed E-state index contributed by atoms with van der Waals surface area (Å²) in [5, 5.41) is 3.20. The zero-order chi connectivity index (χ0) is 9.03. The molecule has 5 heteroatoms. The van der Waals surface area contributed by atoms with E-state index in [0.29, 0.717) is 5.82 Å². The molecule has 0 amide bonds. The Morgan fingerprint density at radius 3 is 2.92 bits per heavy atom. The van der Waals surface area contributed by atoms with E-state index in [1.54, 1.807) is 6.08 Å². The molecule has 1 aliphatic heterocycles. The molecule has 70 valence electrons. The second-order valence-corrected chi connectivity index (χ2v) is 2.99. The first-order valence-corrected chi connectivity index (χ1v) is 4.17. The first-order valence-electron chi connectivity index (χ1n) is 4.17. The topological polar surface area (TPSA) is 88.1 Å². The zero-order valence-electron chi connectivity index (χ0n) is 7.35. The molecule has 1 atom stereocenters. The quantitative estimate of drug-likeness (QED) is 0.334. The lowest BCUT2D eigenvalue weighted by Crippen LogP contribution is -2.53. The summed E-state index contributed by atoms with van der Waals surface area (Å²) in [4.78, 5) is 0. The average molecular weight is 171 g/mol. The summed E-state index contributed by atoms with van der Waals surface area (Å²) < 4.78 is 0. The Bertz CT molecular complexity index is 179. The minimum absolute atomic E-state index is 0.494. The van der Waals surface area contributed by atoms with Crippen molar-refractivity contribution in [1.29, 1.82) is 0 Å². The fourth-order valence-corrected chi connectivity index (χ4v) is 1.14. The average Bonchev–Trinajstić information content (AvgIpc) is 2.32. The van der Waals surface area contributed by atoms with Crippen LogP contribution in [0.5, 0.6) is 0 Å². The van der Waals surface area contributed by atoms with Gasteiger partial charge >= 0.3 is 0 Å². The number of nitrogens with two attached hydrogens (primary N) is 2. The zero-order valence-corrected chi connectivity index (χ0v) is 7.35. The van der Waals surface area contributed by atoms with E-state index in [9.17, 15) is 0 Å². The van der Waals surface area contributed by atoms with E-state index in [1.807, 2.05) is 0 Å². The van der Waals surface area contributed by atoms with Crippen LogP contribution in [0, 0.1) is 0 Å². The van der Waals surface area contributed by atoms with Crippen LogP contribution in [-0.2, 0) is 0 Å². The van der Waals surface area contributed by atoms with Crippen molar-refractivity contribution in [2.45, 2.75) is 19.0 Å². The summed E-state index contributed by atoms with van der Waals surface area (Å²) in [7, 11) is 0. The molecule has 1 aliphatic rings. The second kappa shape index (κ2) is 3.75. The molecule has 1 heterocycles. The highest BCUT2D eigenvalue weighted by Gasteiger charge is 2.26. The van der Waals surface area contributed by atoms with Gasteiger partial charge in [-0.1, -0.05) is 6.92 Å². The molecule has 0 bridgehead atoms. The molecule has 0 aliphatic carbocycles. The van der Waals surface area contributed by atoms with Crippen molar-refractivity contribution < 1.29 is 0 Å². The maximum absolute atomic E-state index is 5.92. The lowest BCUT2D eigenvalue weighted by molar-refractivity contribution is 0.378. The van der Waals surface area contributed by atoms with Gasteiger partial charge < -0.3 is 22.2 Å². The Balaban J connectivity index is 2.30. The van der Waals surface area contributed by atoms with Crippen LogP contribution >= 0.6 is 0 Å². The fourth-order valence-electron chi connectivity index (χ4n) is 1.14. The van der Waals surface area contributed by atoms with Gasteiger partial charge in [-0.25, -0.2) is 5.43 Å². The SMILES string of the molecule is CCNCCC1(N)C=C(N)NN1. The van der Waals surface area contributed by atoms with Gasteiger partial charge in [0.2, 0.25) is 0 Å². The number of hydrogen-bond acceptors (Lipinski definition) is 5. The molecule has 0 aromatic rings. The Morgan fingerprint density at radius 2 is 2.42 bits per heavy atom. The summed E-state index contributed by atoms with van der Waals surface area (Å²) in [5.41, 5.74) is 16.6. The highest BCUT2D eigenvalue weighted by Crippen LogP contribution is 2.08. The Labute approximate surface area is 72.5 Å². The molecule has 0 spiro atoms. The molecule has 0 aromatic carbocycles. The predicted molar refractivity (Wildman–Crippen MR) is 48.6 cm³/mol. The van der Waals surface area contributed by atoms with Gasteiger partial charge in [-0.2, -0.15) is 0 Å². The second-order valence-electron chi connectivity index (χ2n) is 2.99. The van der Waals surface area contributed by atoms with Gasteiger partial charge in [0.25, 0.3) is 0 Å². The van der Waals surface area contributed by atoms with E-state index >= 15 is 0 Å². The molecule has 1 rings (SSSR count). The first kappa shape index (κ1) is 9.31. The Morgan fingerprint density at radius 1 is 1.67 bits per heavy atom. The van der Waals surface area contributed by atoms with Crippen LogP contribution in [0.25, 0.3) is 0 Å². The van der Waals surface area contributed by atoms with E-state index in [4.69, 9.17) is 11.5 Å². The summed E-state index contributed by atoms with van der Waals surface area (Å²) in [6, 6.07) is 0. The number of hydrazine groups is 1. The van der Waals surface area contributed by atoms with Crippen molar-refractivity contribution in [2.75, 3.05) is 13.1 Å². The third-order valence-corrected chi connectivity index (χ3v) is 1.82. The molecule has 12 heavy (non-hydrogen) atoms. The van der Waals surface area contributed by atoms with E-state index in [1.165, 1.54) is 0 Å². The lowest BCUT2D eigenvalue weighted by atomic mass is 10.1. The maximum Gasteiger partial charge on any atom is 0.110 e. The molecule has 1 unspecified atom stereocenters. The van der Waals surface area contributed by atoms with Crippen LogP contribution in [0.4, 0.5) is 0 Å².